The highest BCUT2D eigenvalue weighted by atomic mass is 35.5. The van der Waals surface area contributed by atoms with Crippen LogP contribution >= 0.6 is 11.6 Å². The molecule has 1 rings (SSSR count). The summed E-state index contributed by atoms with van der Waals surface area (Å²) < 4.78 is 5.42. The van der Waals surface area contributed by atoms with Gasteiger partial charge in [0, 0.05) is 24.2 Å². The molecule has 4 nitrogen and oxygen atoms in total. The Kier molecular flexibility index (Phi) is 6.67. The van der Waals surface area contributed by atoms with Crippen LogP contribution in [0.15, 0.2) is 24.3 Å². The molecule has 1 aromatic carbocycles. The Morgan fingerprint density at radius 1 is 1.37 bits per heavy atom. The van der Waals surface area contributed by atoms with Crippen molar-refractivity contribution in [2.24, 2.45) is 0 Å². The summed E-state index contributed by atoms with van der Waals surface area (Å²) in [6, 6.07) is 6.97. The van der Waals surface area contributed by atoms with Crippen LogP contribution in [0.5, 0.6) is 5.75 Å². The number of amides is 1. The van der Waals surface area contributed by atoms with Crippen LogP contribution in [-0.2, 0) is 4.79 Å². The molecule has 0 saturated heterocycles. The lowest BCUT2D eigenvalue weighted by atomic mass is 10.3. The van der Waals surface area contributed by atoms with E-state index < -0.39 is 0 Å². The Morgan fingerprint density at radius 2 is 2.00 bits per heavy atom. The molecule has 0 aromatic heterocycles. The van der Waals surface area contributed by atoms with Crippen molar-refractivity contribution in [3.8, 4) is 5.75 Å². The van der Waals surface area contributed by atoms with Gasteiger partial charge in [0.05, 0.1) is 0 Å². The van der Waals surface area contributed by atoms with E-state index in [0.29, 0.717) is 23.7 Å². The van der Waals surface area contributed by atoms with Gasteiger partial charge < -0.3 is 14.7 Å². The third kappa shape index (κ3) is 5.49. The topological polar surface area (TPSA) is 49.8 Å². The minimum atomic E-state index is -0.0848. The molecule has 1 amide bonds. The number of halogens is 1. The molecule has 106 valence electrons. The maximum absolute atomic E-state index is 12.0. The lowest BCUT2D eigenvalue weighted by Gasteiger charge is -2.26. The van der Waals surface area contributed by atoms with Crippen LogP contribution in [0.4, 0.5) is 0 Å². The van der Waals surface area contributed by atoms with Gasteiger partial charge in [-0.05, 0) is 44.5 Å². The summed E-state index contributed by atoms with van der Waals surface area (Å²) in [4.78, 5) is 13.7. The van der Waals surface area contributed by atoms with Gasteiger partial charge in [-0.3, -0.25) is 4.79 Å². The van der Waals surface area contributed by atoms with Gasteiger partial charge >= 0.3 is 0 Å². The molecular weight excluding hydrogens is 266 g/mol. The molecular formula is C14H20ClNO3. The summed E-state index contributed by atoms with van der Waals surface area (Å²) in [5.41, 5.74) is 0. The van der Waals surface area contributed by atoms with Crippen molar-refractivity contribution in [3.63, 3.8) is 0 Å². The van der Waals surface area contributed by atoms with Gasteiger partial charge in [0.15, 0.2) is 6.61 Å². The fourth-order valence-corrected chi connectivity index (χ4v) is 1.80. The lowest BCUT2D eigenvalue weighted by Crippen LogP contribution is -2.40. The highest BCUT2D eigenvalue weighted by molar-refractivity contribution is 6.30. The third-order valence-electron chi connectivity index (χ3n) is 2.68. The molecule has 0 radical (unpaired) electrons. The van der Waals surface area contributed by atoms with Crippen LogP contribution in [0.1, 0.15) is 20.3 Å². The van der Waals surface area contributed by atoms with Gasteiger partial charge in [-0.1, -0.05) is 11.6 Å². The van der Waals surface area contributed by atoms with Crippen LogP contribution < -0.4 is 4.74 Å². The summed E-state index contributed by atoms with van der Waals surface area (Å²) >= 11 is 5.77. The van der Waals surface area contributed by atoms with E-state index in [1.807, 2.05) is 13.8 Å². The van der Waals surface area contributed by atoms with Crippen LogP contribution in [0.3, 0.4) is 0 Å². The number of aliphatic hydroxyl groups is 1. The van der Waals surface area contributed by atoms with E-state index in [0.717, 1.165) is 0 Å². The number of carbonyl (C=O) groups excluding carboxylic acids is 1. The molecule has 0 heterocycles. The fourth-order valence-electron chi connectivity index (χ4n) is 1.67. The van der Waals surface area contributed by atoms with E-state index in [9.17, 15) is 4.79 Å². The lowest BCUT2D eigenvalue weighted by molar-refractivity contribution is -0.135. The van der Waals surface area contributed by atoms with Gasteiger partial charge in [0.25, 0.3) is 5.91 Å². The maximum atomic E-state index is 12.0. The van der Waals surface area contributed by atoms with Gasteiger partial charge in [0.1, 0.15) is 5.75 Å². The standard InChI is InChI=1S/C14H20ClNO3/c1-11(2)16(8-3-9-17)14(18)10-19-13-6-4-12(15)5-7-13/h4-7,11,17H,3,8-10H2,1-2H3. The van der Waals surface area contributed by atoms with E-state index in [1.54, 1.807) is 29.2 Å². The predicted octanol–water partition coefficient (Wildman–Crippen LogP) is 2.34. The number of benzene rings is 1. The Hall–Kier alpha value is -1.26. The van der Waals surface area contributed by atoms with Crippen molar-refractivity contribution >= 4 is 17.5 Å². The third-order valence-corrected chi connectivity index (χ3v) is 2.93. The minimum absolute atomic E-state index is 0.00869. The highest BCUT2D eigenvalue weighted by Gasteiger charge is 2.16. The zero-order chi connectivity index (χ0) is 14.3. The van der Waals surface area contributed by atoms with Crippen LogP contribution in [-0.4, -0.2) is 41.7 Å². The van der Waals surface area contributed by atoms with Crippen molar-refractivity contribution in [2.75, 3.05) is 19.8 Å². The van der Waals surface area contributed by atoms with Crippen LogP contribution in [0, 0.1) is 0 Å². The monoisotopic (exact) mass is 285 g/mol. The Balaban J connectivity index is 2.49. The molecule has 0 fully saturated rings. The molecule has 0 bridgehead atoms. The molecule has 0 spiro atoms. The first-order valence-electron chi connectivity index (χ1n) is 6.33. The van der Waals surface area contributed by atoms with Crippen LogP contribution in [0.2, 0.25) is 5.02 Å². The summed E-state index contributed by atoms with van der Waals surface area (Å²) in [5, 5.41) is 9.46. The van der Waals surface area contributed by atoms with Crippen molar-refractivity contribution in [1.29, 1.82) is 0 Å². The second kappa shape index (κ2) is 8.02. The molecule has 5 heteroatoms. The minimum Gasteiger partial charge on any atom is -0.484 e. The zero-order valence-electron chi connectivity index (χ0n) is 11.3. The van der Waals surface area contributed by atoms with Gasteiger partial charge in [-0.2, -0.15) is 0 Å². The van der Waals surface area contributed by atoms with E-state index in [2.05, 4.69) is 0 Å². The average Bonchev–Trinajstić information content (AvgIpc) is 2.38. The molecule has 1 N–H and O–H groups in total. The number of carbonyl (C=O) groups is 1. The Bertz CT molecular complexity index is 392. The van der Waals surface area contributed by atoms with Crippen molar-refractivity contribution in [1.82, 2.24) is 4.90 Å². The van der Waals surface area contributed by atoms with E-state index in [-0.39, 0.29) is 25.2 Å². The van der Waals surface area contributed by atoms with Crippen LogP contribution in [0.25, 0.3) is 0 Å². The average molecular weight is 286 g/mol. The molecule has 0 aliphatic heterocycles. The quantitative estimate of drug-likeness (QED) is 0.836. The van der Waals surface area contributed by atoms with Gasteiger partial charge in [-0.15, -0.1) is 0 Å². The number of nitrogens with zero attached hydrogens (tertiary/aromatic N) is 1. The summed E-state index contributed by atoms with van der Waals surface area (Å²) in [6.45, 7) is 4.49. The van der Waals surface area contributed by atoms with Crippen molar-refractivity contribution in [2.45, 2.75) is 26.3 Å². The van der Waals surface area contributed by atoms with Crippen molar-refractivity contribution < 1.29 is 14.6 Å². The first-order valence-corrected chi connectivity index (χ1v) is 6.71. The number of aliphatic hydroxyl groups excluding tert-OH is 1. The summed E-state index contributed by atoms with van der Waals surface area (Å²) in [5.74, 6) is 0.530. The number of hydrogen-bond acceptors (Lipinski definition) is 3. The molecule has 0 aliphatic carbocycles. The molecule has 0 unspecified atom stereocenters. The van der Waals surface area contributed by atoms with Gasteiger partial charge in [0.2, 0.25) is 0 Å². The first kappa shape index (κ1) is 15.8. The SMILES string of the molecule is CC(C)N(CCCO)C(=O)COc1ccc(Cl)cc1. The normalized spacial score (nSPS) is 10.6. The summed E-state index contributed by atoms with van der Waals surface area (Å²) in [7, 11) is 0. The first-order chi connectivity index (χ1) is 9.04. The maximum Gasteiger partial charge on any atom is 0.260 e. The van der Waals surface area contributed by atoms with E-state index >= 15 is 0 Å². The largest absolute Gasteiger partial charge is 0.484 e. The number of rotatable bonds is 7. The van der Waals surface area contributed by atoms with Gasteiger partial charge in [-0.25, -0.2) is 0 Å². The fraction of sp³-hybridized carbons (Fsp3) is 0.500. The predicted molar refractivity (Wildman–Crippen MR) is 75.5 cm³/mol. The molecule has 0 aliphatic rings. The number of ether oxygens (including phenoxy) is 1. The molecule has 0 saturated carbocycles. The molecule has 0 atom stereocenters. The zero-order valence-corrected chi connectivity index (χ0v) is 12.1. The summed E-state index contributed by atoms with van der Waals surface area (Å²) in [6.07, 6.45) is 0.574. The Labute approximate surface area is 118 Å². The highest BCUT2D eigenvalue weighted by Crippen LogP contribution is 2.15. The van der Waals surface area contributed by atoms with Crippen molar-refractivity contribution in [3.05, 3.63) is 29.3 Å². The number of hydrogen-bond donors (Lipinski definition) is 1. The Morgan fingerprint density at radius 3 is 2.53 bits per heavy atom. The smallest absolute Gasteiger partial charge is 0.260 e. The second-order valence-electron chi connectivity index (χ2n) is 4.50. The second-order valence-corrected chi connectivity index (χ2v) is 4.94. The van der Waals surface area contributed by atoms with E-state index in [4.69, 9.17) is 21.4 Å². The molecule has 1 aromatic rings. The van der Waals surface area contributed by atoms with E-state index in [1.165, 1.54) is 0 Å². The molecule has 19 heavy (non-hydrogen) atoms.